The molecule has 3 fully saturated rings. The zero-order valence-electron chi connectivity index (χ0n) is 22.5. The van der Waals surface area contributed by atoms with Crippen molar-refractivity contribution in [2.75, 3.05) is 11.4 Å². The first kappa shape index (κ1) is 31.0. The standard InChI is InChI=1S/C29H19Cl2F5N2O7/c30-28-9-14-12(5-6-13-16(14)25(43)37(24(13)42)8-7-15(40)41)17(10-1-3-11(39)4-2-10)29(28,31)27(45)38(26(28)44)23-21(35)19(33)18(32)20(34)22(23)36/h1-5,13-14,16-17,39H,6-9H2,(H,40,41). The topological polar surface area (TPSA) is 132 Å². The number of carboxylic acids is 1. The number of carbonyl (C=O) groups is 5. The maximum Gasteiger partial charge on any atom is 0.305 e. The number of carbonyl (C=O) groups excluding carboxylic acids is 4. The van der Waals surface area contributed by atoms with Crippen LogP contribution in [0.25, 0.3) is 0 Å². The van der Waals surface area contributed by atoms with Gasteiger partial charge in [-0.2, -0.15) is 0 Å². The van der Waals surface area contributed by atoms with Gasteiger partial charge in [-0.25, -0.2) is 26.9 Å². The Labute approximate surface area is 259 Å². The Morgan fingerprint density at radius 3 is 2.02 bits per heavy atom. The maximum absolute atomic E-state index is 15.0. The molecular weight excluding hydrogens is 654 g/mol. The number of benzene rings is 2. The second-order valence-corrected chi connectivity index (χ2v) is 12.5. The third kappa shape index (κ3) is 4.00. The summed E-state index contributed by atoms with van der Waals surface area (Å²) >= 11 is 13.9. The Morgan fingerprint density at radius 1 is 0.867 bits per heavy atom. The summed E-state index contributed by atoms with van der Waals surface area (Å²) in [7, 11) is 0. The van der Waals surface area contributed by atoms with Gasteiger partial charge < -0.3 is 10.2 Å². The lowest BCUT2D eigenvalue weighted by Crippen LogP contribution is -2.60. The van der Waals surface area contributed by atoms with Crippen molar-refractivity contribution in [2.24, 2.45) is 17.8 Å². The summed E-state index contributed by atoms with van der Waals surface area (Å²) in [5.74, 6) is -23.4. The molecule has 2 aromatic carbocycles. The average molecular weight is 673 g/mol. The van der Waals surface area contributed by atoms with Gasteiger partial charge in [0.1, 0.15) is 11.4 Å². The van der Waals surface area contributed by atoms with Crippen molar-refractivity contribution in [1.82, 2.24) is 4.90 Å². The molecule has 6 unspecified atom stereocenters. The maximum atomic E-state index is 15.0. The second-order valence-electron chi connectivity index (χ2n) is 11.3. The zero-order valence-corrected chi connectivity index (χ0v) is 24.0. The Hall–Kier alpha value is -4.04. The van der Waals surface area contributed by atoms with Crippen LogP contribution < -0.4 is 4.90 Å². The minimum Gasteiger partial charge on any atom is -0.508 e. The van der Waals surface area contributed by atoms with Crippen LogP contribution in [0.1, 0.15) is 30.7 Å². The molecule has 4 aliphatic rings. The van der Waals surface area contributed by atoms with Gasteiger partial charge in [-0.05, 0) is 36.5 Å². The van der Waals surface area contributed by atoms with Crippen LogP contribution in [0.3, 0.4) is 0 Å². The van der Waals surface area contributed by atoms with Gasteiger partial charge in [-0.1, -0.05) is 23.8 Å². The molecule has 2 N–H and O–H groups in total. The molecule has 236 valence electrons. The smallest absolute Gasteiger partial charge is 0.305 e. The predicted octanol–water partition coefficient (Wildman–Crippen LogP) is 4.13. The number of allylic oxidation sites excluding steroid dienone is 2. The van der Waals surface area contributed by atoms with Crippen molar-refractivity contribution in [3.05, 3.63) is 70.6 Å². The van der Waals surface area contributed by atoms with E-state index in [9.17, 15) is 42.3 Å². The minimum atomic E-state index is -2.67. The van der Waals surface area contributed by atoms with Crippen LogP contribution >= 0.6 is 23.2 Å². The molecule has 0 spiro atoms. The molecule has 2 heterocycles. The second kappa shape index (κ2) is 10.2. The number of aliphatic carboxylic acids is 1. The number of rotatable bonds is 5. The van der Waals surface area contributed by atoms with Crippen molar-refractivity contribution >= 4 is 58.5 Å². The van der Waals surface area contributed by atoms with E-state index in [1.165, 1.54) is 30.3 Å². The van der Waals surface area contributed by atoms with Crippen molar-refractivity contribution in [1.29, 1.82) is 0 Å². The van der Waals surface area contributed by atoms with E-state index in [-0.39, 0.29) is 28.2 Å². The number of anilines is 1. The molecule has 2 aliphatic carbocycles. The highest BCUT2D eigenvalue weighted by atomic mass is 35.5. The first-order valence-corrected chi connectivity index (χ1v) is 14.2. The number of alkyl halides is 2. The van der Waals surface area contributed by atoms with Gasteiger partial charge in [-0.15, -0.1) is 23.2 Å². The minimum absolute atomic E-state index is 0.0784. The van der Waals surface area contributed by atoms with Crippen LogP contribution in [0.4, 0.5) is 27.6 Å². The van der Waals surface area contributed by atoms with E-state index in [1.54, 1.807) is 0 Å². The number of amides is 4. The SMILES string of the molecule is O=C(O)CCN1C(=O)C2CC=C3C(CC4(Cl)C(=O)N(c5c(F)c(F)c(F)c(F)c5F)C(=O)C4(Cl)C3c3ccc(O)cc3)C2C1=O. The van der Waals surface area contributed by atoms with E-state index in [0.29, 0.717) is 0 Å². The van der Waals surface area contributed by atoms with Crippen molar-refractivity contribution in [3.63, 3.8) is 0 Å². The highest BCUT2D eigenvalue weighted by Gasteiger charge is 2.77. The number of carboxylic acid groups (broad SMARTS) is 1. The number of phenolic OH excluding ortho intramolecular Hbond substituents is 1. The average Bonchev–Trinajstić information content (AvgIpc) is 3.32. The van der Waals surface area contributed by atoms with Gasteiger partial charge in [0.05, 0.1) is 18.3 Å². The van der Waals surface area contributed by atoms with E-state index in [2.05, 4.69) is 0 Å². The fourth-order valence-corrected chi connectivity index (χ4v) is 8.04. The summed E-state index contributed by atoms with van der Waals surface area (Å²) in [5, 5.41) is 19.0. The van der Waals surface area contributed by atoms with Crippen LogP contribution in [0.2, 0.25) is 0 Å². The molecule has 0 radical (unpaired) electrons. The number of halogens is 7. The largest absolute Gasteiger partial charge is 0.508 e. The monoisotopic (exact) mass is 672 g/mol. The molecule has 9 nitrogen and oxygen atoms in total. The van der Waals surface area contributed by atoms with E-state index in [0.717, 1.165) is 4.90 Å². The number of hydrogen-bond acceptors (Lipinski definition) is 6. The summed E-state index contributed by atoms with van der Waals surface area (Å²) in [6.07, 6.45) is 0.202. The van der Waals surface area contributed by atoms with Crippen LogP contribution in [-0.4, -0.2) is 61.0 Å². The highest BCUT2D eigenvalue weighted by molar-refractivity contribution is 6.58. The summed E-state index contributed by atoms with van der Waals surface area (Å²) in [4.78, 5) is 61.2. The molecule has 0 aromatic heterocycles. The van der Waals surface area contributed by atoms with Gasteiger partial charge in [0, 0.05) is 12.5 Å². The fraction of sp³-hybridized carbons (Fsp3) is 0.345. The van der Waals surface area contributed by atoms with Gasteiger partial charge in [0.15, 0.2) is 33.0 Å². The third-order valence-corrected chi connectivity index (χ3v) is 10.5. The normalized spacial score (nSPS) is 30.8. The quantitative estimate of drug-likeness (QED) is 0.122. The fourth-order valence-electron chi connectivity index (χ4n) is 7.10. The van der Waals surface area contributed by atoms with Gasteiger partial charge in [0.25, 0.3) is 11.8 Å². The molecule has 16 heteroatoms. The Balaban J connectivity index is 1.55. The summed E-state index contributed by atoms with van der Waals surface area (Å²) in [5.41, 5.74) is -1.53. The molecule has 0 bridgehead atoms. The number of phenols is 1. The molecule has 6 atom stereocenters. The predicted molar refractivity (Wildman–Crippen MR) is 144 cm³/mol. The molecule has 2 aromatic rings. The molecular formula is C29H19Cl2F5N2O7. The highest BCUT2D eigenvalue weighted by Crippen LogP contribution is 2.66. The Kier molecular flexibility index (Phi) is 7.05. The number of fused-ring (bicyclic) bond motifs is 4. The van der Waals surface area contributed by atoms with Crippen LogP contribution in [-0.2, 0) is 24.0 Å². The van der Waals surface area contributed by atoms with Crippen LogP contribution in [0.5, 0.6) is 5.75 Å². The first-order valence-electron chi connectivity index (χ1n) is 13.4. The van der Waals surface area contributed by atoms with Crippen LogP contribution in [0.15, 0.2) is 35.9 Å². The number of nitrogens with zero attached hydrogens (tertiary/aromatic N) is 2. The van der Waals surface area contributed by atoms with Crippen LogP contribution in [0, 0.1) is 46.8 Å². The lowest BCUT2D eigenvalue weighted by atomic mass is 9.56. The Morgan fingerprint density at radius 2 is 1.44 bits per heavy atom. The number of hydrogen-bond donors (Lipinski definition) is 2. The number of likely N-dealkylation sites (tertiary alicyclic amines) is 1. The van der Waals surface area contributed by atoms with E-state index < -0.39 is 117 Å². The van der Waals surface area contributed by atoms with Crippen molar-refractivity contribution in [3.8, 4) is 5.75 Å². The third-order valence-electron chi connectivity index (χ3n) is 9.09. The molecule has 1 saturated carbocycles. The number of imide groups is 2. The first-order chi connectivity index (χ1) is 21.1. The van der Waals surface area contributed by atoms with E-state index in [4.69, 9.17) is 28.3 Å². The Bertz CT molecular complexity index is 1740. The summed E-state index contributed by atoms with van der Waals surface area (Å²) in [6.45, 7) is -0.444. The summed E-state index contributed by atoms with van der Waals surface area (Å²) in [6, 6.07) is 5.00. The van der Waals surface area contributed by atoms with E-state index >= 15 is 8.78 Å². The lowest BCUT2D eigenvalue weighted by molar-refractivity contribution is -0.142. The van der Waals surface area contributed by atoms with Gasteiger partial charge in [0.2, 0.25) is 17.6 Å². The molecule has 2 aliphatic heterocycles. The molecule has 4 amide bonds. The van der Waals surface area contributed by atoms with Gasteiger partial charge in [-0.3, -0.25) is 28.9 Å². The van der Waals surface area contributed by atoms with Crippen molar-refractivity contribution < 1.29 is 56.1 Å². The molecule has 45 heavy (non-hydrogen) atoms. The summed E-state index contributed by atoms with van der Waals surface area (Å²) < 4.78 is 72.4. The molecule has 6 rings (SSSR count). The zero-order chi connectivity index (χ0) is 32.9. The molecule has 2 saturated heterocycles. The lowest BCUT2D eigenvalue weighted by Gasteiger charge is -2.50. The number of aromatic hydroxyl groups is 1. The van der Waals surface area contributed by atoms with Gasteiger partial charge >= 0.3 is 5.97 Å². The van der Waals surface area contributed by atoms with E-state index in [1.807, 2.05) is 0 Å². The van der Waals surface area contributed by atoms with Crippen molar-refractivity contribution in [2.45, 2.75) is 34.9 Å².